The van der Waals surface area contributed by atoms with Gasteiger partial charge in [0.15, 0.2) is 5.82 Å². The van der Waals surface area contributed by atoms with Crippen LogP contribution in [0.1, 0.15) is 13.8 Å². The lowest BCUT2D eigenvalue weighted by molar-refractivity contribution is -0.0933. The number of sulfonamides is 1. The number of hydrogen-bond donors (Lipinski definition) is 2. The normalized spacial score (nSPS) is 18.8. The van der Waals surface area contributed by atoms with Crippen LogP contribution in [0.5, 0.6) is 0 Å². The van der Waals surface area contributed by atoms with Crippen molar-refractivity contribution in [3.8, 4) is 0 Å². The van der Waals surface area contributed by atoms with Gasteiger partial charge in [0.05, 0.1) is 20.8 Å². The molecule has 0 amide bonds. The number of nitrogens with zero attached hydrogens (tertiary/aromatic N) is 1. The molecule has 1 aliphatic rings. The van der Waals surface area contributed by atoms with Crippen LogP contribution in [-0.4, -0.2) is 36.5 Å². The fraction of sp³-hybridized carbons (Fsp3) is 0.500. The molecule has 0 aliphatic carbocycles. The van der Waals surface area contributed by atoms with Crippen molar-refractivity contribution in [3.63, 3.8) is 0 Å². The van der Waals surface area contributed by atoms with Gasteiger partial charge < -0.3 is 10.8 Å². The number of anilines is 1. The maximum Gasteiger partial charge on any atom is 0.246 e. The van der Waals surface area contributed by atoms with Crippen LogP contribution in [0.3, 0.4) is 0 Å². The van der Waals surface area contributed by atoms with E-state index in [-0.39, 0.29) is 34.2 Å². The smallest absolute Gasteiger partial charge is 0.246 e. The molecule has 0 bridgehead atoms. The van der Waals surface area contributed by atoms with Gasteiger partial charge in [-0.15, -0.1) is 0 Å². The van der Waals surface area contributed by atoms with Gasteiger partial charge in [-0.25, -0.2) is 12.8 Å². The molecular weight excluding hydrogens is 387 g/mol. The molecule has 2 rings (SSSR count). The van der Waals surface area contributed by atoms with Gasteiger partial charge in [-0.1, -0.05) is 25.4 Å². The Hall–Kier alpha value is -0.410. The van der Waals surface area contributed by atoms with E-state index in [1.54, 1.807) is 13.8 Å². The van der Waals surface area contributed by atoms with E-state index in [1.165, 1.54) is 0 Å². The van der Waals surface area contributed by atoms with Gasteiger partial charge in [0, 0.05) is 13.1 Å². The third kappa shape index (κ3) is 2.68. The zero-order chi connectivity index (χ0) is 16.2. The van der Waals surface area contributed by atoms with Crippen LogP contribution in [0.25, 0.3) is 0 Å². The summed E-state index contributed by atoms with van der Waals surface area (Å²) < 4.78 is 40.1. The van der Waals surface area contributed by atoms with E-state index in [0.29, 0.717) is 0 Å². The second kappa shape index (κ2) is 5.34. The molecule has 0 unspecified atom stereocenters. The number of benzene rings is 1. The zero-order valence-electron chi connectivity index (χ0n) is 11.4. The molecule has 1 aromatic carbocycles. The molecule has 1 heterocycles. The van der Waals surface area contributed by atoms with Crippen LogP contribution in [-0.2, 0) is 10.0 Å². The van der Waals surface area contributed by atoms with Gasteiger partial charge in [-0.05, 0) is 27.9 Å². The summed E-state index contributed by atoms with van der Waals surface area (Å²) in [5.74, 6) is -1.15. The Morgan fingerprint density at radius 3 is 2.52 bits per heavy atom. The first kappa shape index (κ1) is 17.0. The van der Waals surface area contributed by atoms with E-state index < -0.39 is 26.3 Å². The van der Waals surface area contributed by atoms with Crippen LogP contribution in [0, 0.1) is 11.7 Å². The summed E-state index contributed by atoms with van der Waals surface area (Å²) in [4.78, 5) is -0.584. The maximum atomic E-state index is 14.1. The first-order valence-corrected chi connectivity index (χ1v) is 8.77. The summed E-state index contributed by atoms with van der Waals surface area (Å²) >= 11 is 8.83. The van der Waals surface area contributed by atoms with Gasteiger partial charge in [-0.2, -0.15) is 4.31 Å². The summed E-state index contributed by atoms with van der Waals surface area (Å²) in [6.07, 6.45) is 0. The van der Waals surface area contributed by atoms with E-state index in [1.807, 2.05) is 0 Å². The summed E-state index contributed by atoms with van der Waals surface area (Å²) in [7, 11) is -4.09. The number of nitrogen functional groups attached to an aromatic ring is 1. The topological polar surface area (TPSA) is 83.6 Å². The molecule has 118 valence electrons. The molecule has 5 nitrogen and oxygen atoms in total. The quantitative estimate of drug-likeness (QED) is 0.601. The van der Waals surface area contributed by atoms with Crippen molar-refractivity contribution in [2.75, 3.05) is 18.8 Å². The molecule has 0 saturated carbocycles. The van der Waals surface area contributed by atoms with Crippen LogP contribution < -0.4 is 5.73 Å². The molecule has 0 atom stereocenters. The first-order valence-electron chi connectivity index (χ1n) is 6.16. The monoisotopic (exact) mass is 400 g/mol. The Balaban J connectivity index is 2.40. The van der Waals surface area contributed by atoms with Crippen LogP contribution in [0.15, 0.2) is 15.4 Å². The van der Waals surface area contributed by atoms with E-state index in [4.69, 9.17) is 17.3 Å². The average Bonchev–Trinajstić information content (AvgIpc) is 2.36. The molecule has 1 saturated heterocycles. The highest BCUT2D eigenvalue weighted by Crippen LogP contribution is 2.38. The minimum atomic E-state index is -4.09. The molecular formula is C12H15BrClFN2O3S. The van der Waals surface area contributed by atoms with Crippen LogP contribution >= 0.6 is 27.5 Å². The van der Waals surface area contributed by atoms with Gasteiger partial charge >= 0.3 is 0 Å². The average molecular weight is 402 g/mol. The second-order valence-corrected chi connectivity index (χ2v) is 8.54. The molecule has 1 aliphatic heterocycles. The standard InChI is InChI=1S/C12H15BrClFN2O3S/c1-6(2)12(18)4-17(5-12)21(19,20)8-3-7(14)9(13)11(16)10(8)15/h3,6,18H,4-5,16H2,1-2H3. The Kier molecular flexibility index (Phi) is 4.31. The molecule has 0 radical (unpaired) electrons. The maximum absolute atomic E-state index is 14.1. The number of nitrogens with two attached hydrogens (primary N) is 1. The molecule has 0 aromatic heterocycles. The zero-order valence-corrected chi connectivity index (χ0v) is 14.6. The highest BCUT2D eigenvalue weighted by Gasteiger charge is 2.49. The highest BCUT2D eigenvalue weighted by molar-refractivity contribution is 9.10. The molecule has 1 aromatic rings. The number of β-amino-alcohol motifs (C(OH)–C–C–N with tert-alkyl or cyclic N) is 1. The predicted octanol–water partition coefficient (Wildman–Crippen LogP) is 2.22. The van der Waals surface area contributed by atoms with Crippen molar-refractivity contribution < 1.29 is 17.9 Å². The van der Waals surface area contributed by atoms with Gasteiger partial charge in [0.25, 0.3) is 0 Å². The molecule has 0 spiro atoms. The Morgan fingerprint density at radius 2 is 2.05 bits per heavy atom. The van der Waals surface area contributed by atoms with E-state index in [2.05, 4.69) is 15.9 Å². The highest BCUT2D eigenvalue weighted by atomic mass is 79.9. The van der Waals surface area contributed by atoms with E-state index in [0.717, 1.165) is 10.4 Å². The van der Waals surface area contributed by atoms with Gasteiger partial charge in [0.2, 0.25) is 10.0 Å². The van der Waals surface area contributed by atoms with Crippen LogP contribution in [0.4, 0.5) is 10.1 Å². The van der Waals surface area contributed by atoms with Crippen molar-refractivity contribution in [2.24, 2.45) is 5.92 Å². The number of hydrogen-bond acceptors (Lipinski definition) is 4. The Labute approximate surface area is 136 Å². The summed E-state index contributed by atoms with van der Waals surface area (Å²) in [5.41, 5.74) is 4.05. The number of halogens is 3. The van der Waals surface area contributed by atoms with Crippen molar-refractivity contribution in [2.45, 2.75) is 24.3 Å². The fourth-order valence-electron chi connectivity index (χ4n) is 2.03. The summed E-state index contributed by atoms with van der Waals surface area (Å²) in [6.45, 7) is 3.41. The van der Waals surface area contributed by atoms with E-state index >= 15 is 0 Å². The first-order chi connectivity index (χ1) is 9.50. The van der Waals surface area contributed by atoms with Crippen LogP contribution in [0.2, 0.25) is 5.02 Å². The SMILES string of the molecule is CC(C)C1(O)CN(S(=O)(=O)c2cc(Cl)c(Br)c(N)c2F)C1. The lowest BCUT2D eigenvalue weighted by Crippen LogP contribution is -2.65. The van der Waals surface area contributed by atoms with Crippen molar-refractivity contribution in [1.82, 2.24) is 4.31 Å². The largest absolute Gasteiger partial charge is 0.395 e. The van der Waals surface area contributed by atoms with E-state index in [9.17, 15) is 17.9 Å². The number of rotatable bonds is 3. The van der Waals surface area contributed by atoms with Crippen molar-refractivity contribution in [1.29, 1.82) is 0 Å². The molecule has 3 N–H and O–H groups in total. The molecule has 9 heteroatoms. The molecule has 1 fully saturated rings. The Morgan fingerprint density at radius 1 is 1.52 bits per heavy atom. The Bertz CT molecular complexity index is 690. The predicted molar refractivity (Wildman–Crippen MR) is 82.1 cm³/mol. The summed E-state index contributed by atoms with van der Waals surface area (Å²) in [6, 6.07) is 1.01. The minimum absolute atomic E-state index is 0.00659. The third-order valence-corrected chi connectivity index (χ3v) is 6.92. The molecule has 21 heavy (non-hydrogen) atoms. The lowest BCUT2D eigenvalue weighted by atomic mass is 9.85. The third-order valence-electron chi connectivity index (χ3n) is 3.75. The lowest BCUT2D eigenvalue weighted by Gasteiger charge is -2.47. The number of aliphatic hydroxyl groups is 1. The van der Waals surface area contributed by atoms with Gasteiger partial charge in [-0.3, -0.25) is 0 Å². The van der Waals surface area contributed by atoms with Gasteiger partial charge in [0.1, 0.15) is 4.90 Å². The van der Waals surface area contributed by atoms with Crippen molar-refractivity contribution in [3.05, 3.63) is 21.4 Å². The second-order valence-electron chi connectivity index (χ2n) is 5.43. The van der Waals surface area contributed by atoms with Crippen molar-refractivity contribution >= 4 is 43.2 Å². The fourth-order valence-corrected chi connectivity index (χ4v) is 4.26. The minimum Gasteiger partial charge on any atom is -0.395 e. The summed E-state index contributed by atoms with van der Waals surface area (Å²) in [5, 5.41) is 10.1.